The van der Waals surface area contributed by atoms with Crippen molar-refractivity contribution in [1.29, 1.82) is 0 Å². The van der Waals surface area contributed by atoms with Crippen LogP contribution in [0.15, 0.2) is 146 Å². The zero-order chi connectivity index (χ0) is 35.5. The van der Waals surface area contributed by atoms with Crippen molar-refractivity contribution in [3.63, 3.8) is 0 Å². The van der Waals surface area contributed by atoms with Crippen LogP contribution in [0.5, 0.6) is 17.2 Å². The number of hydrogen-bond donors (Lipinski definition) is 6. The van der Waals surface area contributed by atoms with Gasteiger partial charge in [0.2, 0.25) is 0 Å². The Kier molecular flexibility index (Phi) is 9.91. The molecule has 0 bridgehead atoms. The molecule has 0 radical (unpaired) electrons. The van der Waals surface area contributed by atoms with Crippen molar-refractivity contribution >= 4 is 0 Å². The molecule has 0 aliphatic heterocycles. The summed E-state index contributed by atoms with van der Waals surface area (Å²) >= 11 is 0. The van der Waals surface area contributed by atoms with Crippen molar-refractivity contribution in [2.24, 2.45) is 17.2 Å². The fourth-order valence-electron chi connectivity index (χ4n) is 6.62. The van der Waals surface area contributed by atoms with Gasteiger partial charge in [-0.2, -0.15) is 0 Å². The quantitative estimate of drug-likeness (QED) is 0.105. The van der Waals surface area contributed by atoms with E-state index in [9.17, 15) is 15.3 Å². The van der Waals surface area contributed by atoms with E-state index in [1.54, 1.807) is 36.4 Å². The highest BCUT2D eigenvalue weighted by atomic mass is 16.3. The van der Waals surface area contributed by atoms with Crippen LogP contribution in [0.25, 0.3) is 33.4 Å². The van der Waals surface area contributed by atoms with E-state index in [0.717, 1.165) is 52.6 Å². The zero-order valence-electron chi connectivity index (χ0n) is 28.5. The van der Waals surface area contributed by atoms with Crippen LogP contribution >= 0.6 is 0 Å². The minimum Gasteiger partial charge on any atom is -0.508 e. The van der Waals surface area contributed by atoms with Crippen molar-refractivity contribution in [2.75, 3.05) is 0 Å². The maximum atomic E-state index is 9.45. The summed E-state index contributed by atoms with van der Waals surface area (Å²) in [7, 11) is 0. The van der Waals surface area contributed by atoms with Crippen LogP contribution in [-0.4, -0.2) is 33.4 Å². The SMILES string of the molecule is N[C@H]1C[C@@H]1c1ccc(-c2cccc(O)c2)cc1.N[C@H]1C[C@@H]1c1ccc(-c2cccc(O)c2)cc1.N[C@H]1C[C@@H]1c1ccc(-c2cccc(O)c2)cc1. The van der Waals surface area contributed by atoms with Gasteiger partial charge in [-0.05, 0) is 106 Å². The minimum absolute atomic E-state index is 0.302. The third-order valence-corrected chi connectivity index (χ3v) is 10.1. The lowest BCUT2D eigenvalue weighted by Gasteiger charge is -2.04. The number of phenolic OH excluding ortho intramolecular Hbond substituents is 3. The summed E-state index contributed by atoms with van der Waals surface area (Å²) in [6.07, 6.45) is 3.31. The van der Waals surface area contributed by atoms with E-state index in [4.69, 9.17) is 17.2 Å². The second kappa shape index (κ2) is 14.8. The van der Waals surface area contributed by atoms with E-state index >= 15 is 0 Å². The van der Waals surface area contributed by atoms with Gasteiger partial charge < -0.3 is 32.5 Å². The van der Waals surface area contributed by atoms with Gasteiger partial charge in [-0.15, -0.1) is 0 Å². The maximum absolute atomic E-state index is 9.45. The lowest BCUT2D eigenvalue weighted by molar-refractivity contribution is 0.475. The highest BCUT2D eigenvalue weighted by molar-refractivity contribution is 5.67. The number of phenols is 3. The Balaban J connectivity index is 0.000000119. The molecule has 0 saturated heterocycles. The first kappa shape index (κ1) is 34.1. The molecule has 3 aliphatic carbocycles. The molecule has 6 heteroatoms. The fourth-order valence-corrected chi connectivity index (χ4v) is 6.62. The average molecular weight is 676 g/mol. The Bertz CT molecular complexity index is 1840. The summed E-state index contributed by atoms with van der Waals surface area (Å²) in [6, 6.07) is 48.3. The Labute approximate surface area is 299 Å². The van der Waals surface area contributed by atoms with Gasteiger partial charge in [-0.1, -0.05) is 109 Å². The van der Waals surface area contributed by atoms with Gasteiger partial charge >= 0.3 is 0 Å². The van der Waals surface area contributed by atoms with Crippen LogP contribution in [0.4, 0.5) is 0 Å². The molecule has 3 saturated carbocycles. The molecule has 0 heterocycles. The van der Waals surface area contributed by atoms with Gasteiger partial charge in [0, 0.05) is 35.9 Å². The first-order valence-electron chi connectivity index (χ1n) is 17.7. The zero-order valence-corrected chi connectivity index (χ0v) is 28.5. The molecular weight excluding hydrogens is 631 g/mol. The Morgan fingerprint density at radius 1 is 0.333 bits per heavy atom. The first-order chi connectivity index (χ1) is 24.7. The molecule has 0 aromatic heterocycles. The predicted molar refractivity (Wildman–Crippen MR) is 207 cm³/mol. The molecule has 3 aliphatic rings. The highest BCUT2D eigenvalue weighted by Crippen LogP contribution is 2.41. The van der Waals surface area contributed by atoms with Gasteiger partial charge in [0.05, 0.1) is 0 Å². The lowest BCUT2D eigenvalue weighted by Crippen LogP contribution is -2.00. The highest BCUT2D eigenvalue weighted by Gasteiger charge is 2.35. The monoisotopic (exact) mass is 675 g/mol. The second-order valence-corrected chi connectivity index (χ2v) is 14.0. The molecule has 3 fully saturated rings. The standard InChI is InChI=1S/3C15H15NO/c3*16-15-9-14(15)11-6-4-10(5-7-11)12-2-1-3-13(17)8-12/h3*1-8,14-15,17H,9,16H2/t3*14-,15+/m111/s1. The second-order valence-electron chi connectivity index (χ2n) is 14.0. The van der Waals surface area contributed by atoms with Gasteiger partial charge in [0.15, 0.2) is 0 Å². The van der Waals surface area contributed by atoms with E-state index < -0.39 is 0 Å². The van der Waals surface area contributed by atoms with E-state index in [0.29, 0.717) is 53.1 Å². The van der Waals surface area contributed by atoms with Crippen LogP contribution in [-0.2, 0) is 0 Å². The largest absolute Gasteiger partial charge is 0.508 e. The molecule has 6 atom stereocenters. The van der Waals surface area contributed by atoms with Crippen molar-refractivity contribution in [3.8, 4) is 50.6 Å². The number of rotatable bonds is 6. The molecule has 0 unspecified atom stereocenters. The molecule has 51 heavy (non-hydrogen) atoms. The van der Waals surface area contributed by atoms with Gasteiger partial charge in [0.1, 0.15) is 17.2 Å². The molecule has 6 aromatic carbocycles. The normalized spacial score (nSPS) is 22.4. The first-order valence-corrected chi connectivity index (χ1v) is 17.7. The smallest absolute Gasteiger partial charge is 0.116 e. The number of benzene rings is 6. The van der Waals surface area contributed by atoms with E-state index in [-0.39, 0.29) is 0 Å². The van der Waals surface area contributed by atoms with Gasteiger partial charge in [-0.3, -0.25) is 0 Å². The lowest BCUT2D eigenvalue weighted by atomic mass is 10.0. The molecular formula is C45H45N3O3. The Hall–Kier alpha value is -5.40. The molecule has 9 rings (SSSR count). The molecule has 9 N–H and O–H groups in total. The molecule has 258 valence electrons. The Morgan fingerprint density at radius 2 is 0.569 bits per heavy atom. The van der Waals surface area contributed by atoms with Crippen molar-refractivity contribution in [3.05, 3.63) is 162 Å². The number of hydrogen-bond acceptors (Lipinski definition) is 6. The third kappa shape index (κ3) is 8.67. The topological polar surface area (TPSA) is 139 Å². The average Bonchev–Trinajstić information content (AvgIpc) is 4.10. The van der Waals surface area contributed by atoms with Crippen molar-refractivity contribution in [2.45, 2.75) is 55.1 Å². The summed E-state index contributed by atoms with van der Waals surface area (Å²) in [4.78, 5) is 0. The molecule has 0 spiro atoms. The molecule has 6 nitrogen and oxygen atoms in total. The summed E-state index contributed by atoms with van der Waals surface area (Å²) in [5.41, 5.74) is 28.0. The van der Waals surface area contributed by atoms with E-state index in [1.165, 1.54) is 16.7 Å². The fraction of sp³-hybridized carbons (Fsp3) is 0.200. The third-order valence-electron chi connectivity index (χ3n) is 10.1. The maximum Gasteiger partial charge on any atom is 0.116 e. The molecule has 0 amide bonds. The van der Waals surface area contributed by atoms with Crippen molar-refractivity contribution in [1.82, 2.24) is 0 Å². The van der Waals surface area contributed by atoms with Gasteiger partial charge in [-0.25, -0.2) is 0 Å². The van der Waals surface area contributed by atoms with Crippen LogP contribution in [0.3, 0.4) is 0 Å². The number of aromatic hydroxyl groups is 3. The summed E-state index contributed by atoms with van der Waals surface area (Å²) in [5, 5.41) is 28.3. The summed E-state index contributed by atoms with van der Waals surface area (Å²) in [5.74, 6) is 2.55. The van der Waals surface area contributed by atoms with Crippen LogP contribution in [0, 0.1) is 0 Å². The number of nitrogens with two attached hydrogens (primary N) is 3. The summed E-state index contributed by atoms with van der Waals surface area (Å²) in [6.45, 7) is 0. The Morgan fingerprint density at radius 3 is 0.765 bits per heavy atom. The van der Waals surface area contributed by atoms with E-state index in [1.807, 2.05) is 36.4 Å². The van der Waals surface area contributed by atoms with Crippen LogP contribution in [0.2, 0.25) is 0 Å². The van der Waals surface area contributed by atoms with Crippen molar-refractivity contribution < 1.29 is 15.3 Å². The predicted octanol–water partition coefficient (Wildman–Crippen LogP) is 8.62. The van der Waals surface area contributed by atoms with Gasteiger partial charge in [0.25, 0.3) is 0 Å². The van der Waals surface area contributed by atoms with E-state index in [2.05, 4.69) is 72.8 Å². The summed E-state index contributed by atoms with van der Waals surface area (Å²) < 4.78 is 0. The van der Waals surface area contributed by atoms with Crippen LogP contribution < -0.4 is 17.2 Å². The molecule has 6 aromatic rings. The minimum atomic E-state index is 0.302. The van der Waals surface area contributed by atoms with Crippen LogP contribution in [0.1, 0.15) is 53.7 Å².